The Hall–Kier alpha value is -6.48. The number of rotatable bonds is 19. The maximum Gasteiger partial charge on any atom is 0.519 e. The van der Waals surface area contributed by atoms with Crippen LogP contribution >= 0.6 is 0 Å². The summed E-state index contributed by atoms with van der Waals surface area (Å²) in [7, 11) is 0. The number of tetrazole rings is 1. The molecule has 2 N–H and O–H groups in total. The molecule has 21 nitrogen and oxygen atoms in total. The second kappa shape index (κ2) is 16.7. The zero-order valence-corrected chi connectivity index (χ0v) is 28.6. The van der Waals surface area contributed by atoms with Crippen LogP contribution in [0.4, 0.5) is 0 Å². The Labute approximate surface area is 298 Å². The number of aryl methyl sites for hydroxylation is 1. The summed E-state index contributed by atoms with van der Waals surface area (Å²) >= 11 is 0. The van der Waals surface area contributed by atoms with Crippen molar-refractivity contribution < 1.29 is 48.1 Å². The molecule has 0 bridgehead atoms. The molecule has 5 aromatic rings. The number of carbonyl (C=O) groups is 1. The van der Waals surface area contributed by atoms with Crippen molar-refractivity contribution in [2.24, 2.45) is 0 Å². The highest BCUT2D eigenvalue weighted by Crippen LogP contribution is 2.31. The molecule has 5 rings (SSSR count). The molecule has 0 saturated carbocycles. The van der Waals surface area contributed by atoms with Crippen molar-refractivity contribution in [2.45, 2.75) is 65.1 Å². The summed E-state index contributed by atoms with van der Waals surface area (Å²) in [6.07, 6.45) is -0.340. The van der Waals surface area contributed by atoms with E-state index >= 15 is 0 Å². The molecule has 3 heterocycles. The average molecular weight is 739 g/mol. The quantitative estimate of drug-likeness (QED) is 0.0699. The van der Waals surface area contributed by atoms with Crippen LogP contribution < -0.4 is 5.82 Å². The number of aromatic nitrogens is 6. The van der Waals surface area contributed by atoms with Crippen molar-refractivity contribution >= 4 is 5.97 Å². The molecule has 21 heteroatoms. The maximum absolute atomic E-state index is 13.8. The van der Waals surface area contributed by atoms with E-state index in [0.29, 0.717) is 24.5 Å². The number of nitrogens with one attached hydrogen (secondary N) is 1. The van der Waals surface area contributed by atoms with Crippen LogP contribution in [-0.2, 0) is 50.9 Å². The van der Waals surface area contributed by atoms with Crippen molar-refractivity contribution in [3.8, 4) is 22.5 Å². The van der Waals surface area contributed by atoms with Gasteiger partial charge in [-0.05, 0) is 42.2 Å². The van der Waals surface area contributed by atoms with Crippen LogP contribution in [0.5, 0.6) is 0 Å². The number of aliphatic hydroxyl groups is 1. The Balaban J connectivity index is 1.36. The van der Waals surface area contributed by atoms with Gasteiger partial charge in [0, 0.05) is 18.5 Å². The van der Waals surface area contributed by atoms with E-state index in [1.165, 1.54) is 13.8 Å². The minimum absolute atomic E-state index is 0.0262. The molecule has 53 heavy (non-hydrogen) atoms. The number of esters is 1. The standard InChI is InChI=1S/C32H34N8O13/c1-4-7-26-33-28(32(2,3)43)27(38(26)14-19-10-12-20(13-11-19)22-8-5-6-9-23(22)29-34-36-37-35-29)30(41)49-18-25-24(51-31(42)52-25)17-48-15-21(53-40(46)47)16-50-39(44)45/h5-6,8-13,21,43H,4,7,14-18H2,1-3H3,(H,34,35,36,37)/t21-/m0/s1. The second-order valence-corrected chi connectivity index (χ2v) is 12.0. The van der Waals surface area contributed by atoms with Crippen LogP contribution in [-0.4, -0.2) is 70.7 Å². The van der Waals surface area contributed by atoms with E-state index in [1.807, 2.05) is 55.5 Å². The van der Waals surface area contributed by atoms with Crippen molar-refractivity contribution in [1.29, 1.82) is 0 Å². The Bertz CT molecular complexity index is 2080. The highest BCUT2D eigenvalue weighted by Gasteiger charge is 2.33. The summed E-state index contributed by atoms with van der Waals surface area (Å²) in [5.41, 5.74) is 1.84. The number of carbonyl (C=O) groups excluding carboxylic acids is 1. The van der Waals surface area contributed by atoms with Gasteiger partial charge in [0.1, 0.15) is 30.3 Å². The molecule has 0 unspecified atom stereocenters. The summed E-state index contributed by atoms with van der Waals surface area (Å²) in [4.78, 5) is 60.0. The molecule has 0 radical (unpaired) electrons. The molecule has 280 valence electrons. The number of H-pyrrole nitrogens is 1. The molecule has 2 aromatic carbocycles. The normalized spacial score (nSPS) is 12.0. The lowest BCUT2D eigenvalue weighted by molar-refractivity contribution is -0.790. The van der Waals surface area contributed by atoms with E-state index in [1.54, 1.807) is 4.57 Å². The average Bonchev–Trinajstić information content (AvgIpc) is 3.86. The smallest absolute Gasteiger partial charge is 0.453 e. The van der Waals surface area contributed by atoms with Crippen molar-refractivity contribution in [1.82, 2.24) is 30.2 Å². The molecular weight excluding hydrogens is 704 g/mol. The van der Waals surface area contributed by atoms with Gasteiger partial charge in [-0.1, -0.05) is 55.5 Å². The predicted molar refractivity (Wildman–Crippen MR) is 176 cm³/mol. The van der Waals surface area contributed by atoms with Gasteiger partial charge in [0.05, 0.1) is 6.61 Å². The third kappa shape index (κ3) is 9.65. The van der Waals surface area contributed by atoms with Crippen LogP contribution in [0.3, 0.4) is 0 Å². The molecule has 0 amide bonds. The third-order valence-electron chi connectivity index (χ3n) is 7.61. The first-order valence-electron chi connectivity index (χ1n) is 16.0. The van der Waals surface area contributed by atoms with Gasteiger partial charge >= 0.3 is 11.8 Å². The van der Waals surface area contributed by atoms with Crippen LogP contribution in [0.15, 0.2) is 62.2 Å². The van der Waals surface area contributed by atoms with Gasteiger partial charge in [-0.25, -0.2) is 14.6 Å². The Morgan fingerprint density at radius 3 is 2.34 bits per heavy atom. The zero-order chi connectivity index (χ0) is 38.1. The number of hydrogen-bond acceptors (Lipinski definition) is 17. The van der Waals surface area contributed by atoms with Crippen LogP contribution in [0.2, 0.25) is 0 Å². The lowest BCUT2D eigenvalue weighted by atomic mass is 9.98. The summed E-state index contributed by atoms with van der Waals surface area (Å²) in [5, 5.41) is 44.3. The highest BCUT2D eigenvalue weighted by atomic mass is 17.0. The fourth-order valence-corrected chi connectivity index (χ4v) is 5.31. The van der Waals surface area contributed by atoms with Gasteiger partial charge < -0.3 is 37.7 Å². The minimum atomic E-state index is -1.56. The van der Waals surface area contributed by atoms with Crippen LogP contribution in [0, 0.1) is 20.2 Å². The van der Waals surface area contributed by atoms with Crippen LogP contribution in [0.1, 0.15) is 66.3 Å². The summed E-state index contributed by atoms with van der Waals surface area (Å²) < 4.78 is 22.5. The molecule has 3 aromatic heterocycles. The fraction of sp³-hybridized carbons (Fsp3) is 0.375. The van der Waals surface area contributed by atoms with E-state index in [2.05, 4.69) is 35.3 Å². The fourth-order valence-electron chi connectivity index (χ4n) is 5.31. The highest BCUT2D eigenvalue weighted by molar-refractivity contribution is 5.89. The molecular formula is C32H34N8O13. The first kappa shape index (κ1) is 37.8. The number of benzene rings is 2. The molecule has 0 aliphatic heterocycles. The topological polar surface area (TPSA) is 276 Å². The second-order valence-electron chi connectivity index (χ2n) is 12.0. The maximum atomic E-state index is 13.8. The molecule has 0 spiro atoms. The lowest BCUT2D eigenvalue weighted by Crippen LogP contribution is -2.29. The van der Waals surface area contributed by atoms with E-state index in [0.717, 1.165) is 22.3 Å². The molecule has 0 fully saturated rings. The largest absolute Gasteiger partial charge is 0.519 e. The third-order valence-corrected chi connectivity index (χ3v) is 7.61. The van der Waals surface area contributed by atoms with E-state index in [4.69, 9.17) is 18.3 Å². The van der Waals surface area contributed by atoms with Crippen molar-refractivity contribution in [3.63, 3.8) is 0 Å². The summed E-state index contributed by atoms with van der Waals surface area (Å²) in [6.45, 7) is 2.58. The first-order valence-corrected chi connectivity index (χ1v) is 16.0. The number of imidazole rings is 1. The lowest BCUT2D eigenvalue weighted by Gasteiger charge is -2.18. The number of ether oxygens (including phenoxy) is 2. The number of nitrogens with zero attached hydrogens (tertiary/aromatic N) is 7. The Morgan fingerprint density at radius 2 is 1.72 bits per heavy atom. The Morgan fingerprint density at radius 1 is 1.02 bits per heavy atom. The van der Waals surface area contributed by atoms with E-state index in [9.17, 15) is 34.9 Å². The molecule has 0 aliphatic rings. The van der Waals surface area contributed by atoms with Gasteiger partial charge in [-0.15, -0.1) is 30.4 Å². The van der Waals surface area contributed by atoms with Crippen molar-refractivity contribution in [2.75, 3.05) is 13.2 Å². The monoisotopic (exact) mass is 738 g/mol. The SMILES string of the molecule is CCCc1nc(C(C)(C)O)c(C(=O)OCc2oc(=O)oc2COC[C@@H](CO[N+](=O)[O-])O[N+](=O)[O-])n1Cc1ccc(-c2ccccc2-c2nn[nH]n2)cc1. The van der Waals surface area contributed by atoms with Gasteiger partial charge in [0.2, 0.25) is 5.82 Å². The predicted octanol–water partition coefficient (Wildman–Crippen LogP) is 3.16. The summed E-state index contributed by atoms with van der Waals surface area (Å²) in [5.74, 6) is -1.53. The molecule has 0 saturated heterocycles. The van der Waals surface area contributed by atoms with Gasteiger partial charge in [0.25, 0.3) is 10.2 Å². The Kier molecular flexibility index (Phi) is 11.9. The first-order chi connectivity index (χ1) is 25.3. The molecule has 1 atom stereocenters. The number of aromatic amines is 1. The molecule has 0 aliphatic carbocycles. The minimum Gasteiger partial charge on any atom is -0.453 e. The van der Waals surface area contributed by atoms with Crippen LogP contribution in [0.25, 0.3) is 22.5 Å². The van der Waals surface area contributed by atoms with Crippen molar-refractivity contribution in [3.05, 3.63) is 114 Å². The number of hydrogen-bond donors (Lipinski definition) is 2. The van der Waals surface area contributed by atoms with Gasteiger partial charge in [-0.3, -0.25) is 0 Å². The summed E-state index contributed by atoms with van der Waals surface area (Å²) in [6, 6.07) is 15.2. The van der Waals surface area contributed by atoms with E-state index in [-0.39, 0.29) is 29.5 Å². The van der Waals surface area contributed by atoms with Gasteiger partial charge in [0.15, 0.2) is 29.9 Å². The zero-order valence-electron chi connectivity index (χ0n) is 28.6. The van der Waals surface area contributed by atoms with E-state index < -0.39 is 60.1 Å². The van der Waals surface area contributed by atoms with Gasteiger partial charge in [-0.2, -0.15) is 5.21 Å².